The number of piperidine rings is 1. The van der Waals surface area contributed by atoms with Gasteiger partial charge in [-0.1, -0.05) is 30.3 Å². The summed E-state index contributed by atoms with van der Waals surface area (Å²) in [5, 5.41) is 3.84. The molecule has 1 saturated heterocycles. The molecular weight excluding hydrogens is 457 g/mol. The number of aromatic nitrogens is 2. The molecule has 1 amide bonds. The zero-order valence-electron chi connectivity index (χ0n) is 18.8. The molecule has 1 N–H and O–H groups in total. The van der Waals surface area contributed by atoms with Gasteiger partial charge in [0.1, 0.15) is 11.5 Å². The fraction of sp³-hybridized carbons (Fsp3) is 0.269. The molecule has 0 atom stereocenters. The van der Waals surface area contributed by atoms with E-state index in [1.54, 1.807) is 23.2 Å². The van der Waals surface area contributed by atoms with E-state index in [0.29, 0.717) is 48.1 Å². The van der Waals surface area contributed by atoms with E-state index in [2.05, 4.69) is 15.3 Å². The number of carbonyl (C=O) groups is 1. The Morgan fingerprint density at radius 2 is 1.83 bits per heavy atom. The van der Waals surface area contributed by atoms with Crippen LogP contribution in [0.4, 0.5) is 19.0 Å². The van der Waals surface area contributed by atoms with Crippen LogP contribution in [0.1, 0.15) is 29.1 Å². The average Bonchev–Trinajstić information content (AvgIpc) is 3.42. The van der Waals surface area contributed by atoms with Crippen molar-refractivity contribution in [2.45, 2.75) is 19.0 Å². The van der Waals surface area contributed by atoms with Crippen LogP contribution in [0.25, 0.3) is 22.0 Å². The summed E-state index contributed by atoms with van der Waals surface area (Å²) in [5.74, 6) is 1.01. The molecule has 4 heterocycles. The number of halogens is 3. The summed E-state index contributed by atoms with van der Waals surface area (Å²) >= 11 is 0. The maximum Gasteiger partial charge on any atom is 0.433 e. The van der Waals surface area contributed by atoms with Crippen molar-refractivity contribution >= 4 is 22.6 Å². The molecule has 180 valence electrons. The first-order chi connectivity index (χ1) is 16.9. The molecule has 0 spiro atoms. The summed E-state index contributed by atoms with van der Waals surface area (Å²) < 4.78 is 45.4. The quantitative estimate of drug-likeness (QED) is 0.387. The van der Waals surface area contributed by atoms with E-state index < -0.39 is 11.9 Å². The smallest absolute Gasteiger partial charge is 0.433 e. The minimum absolute atomic E-state index is 0.114. The number of alkyl halides is 3. The second-order valence-corrected chi connectivity index (χ2v) is 8.57. The lowest BCUT2D eigenvalue weighted by Crippen LogP contribution is -2.39. The number of hydrogen-bond donors (Lipinski definition) is 1. The van der Waals surface area contributed by atoms with Crippen molar-refractivity contribution in [1.29, 1.82) is 0 Å². The van der Waals surface area contributed by atoms with Gasteiger partial charge in [0.05, 0.1) is 11.8 Å². The van der Waals surface area contributed by atoms with Crippen LogP contribution in [0.3, 0.4) is 0 Å². The number of amides is 1. The number of anilines is 1. The summed E-state index contributed by atoms with van der Waals surface area (Å²) in [7, 11) is 0. The average molecular weight is 480 g/mol. The van der Waals surface area contributed by atoms with Crippen molar-refractivity contribution < 1.29 is 22.4 Å². The van der Waals surface area contributed by atoms with E-state index in [1.807, 2.05) is 30.3 Å². The van der Waals surface area contributed by atoms with E-state index in [4.69, 9.17) is 4.42 Å². The largest absolute Gasteiger partial charge is 0.459 e. The van der Waals surface area contributed by atoms with Gasteiger partial charge in [0.15, 0.2) is 5.76 Å². The van der Waals surface area contributed by atoms with Crippen LogP contribution in [0.2, 0.25) is 0 Å². The number of fused-ring (bicyclic) bond motifs is 1. The first-order valence-electron chi connectivity index (χ1n) is 11.4. The van der Waals surface area contributed by atoms with Gasteiger partial charge in [-0.3, -0.25) is 4.79 Å². The highest BCUT2D eigenvalue weighted by molar-refractivity contribution is 5.99. The van der Waals surface area contributed by atoms with Gasteiger partial charge < -0.3 is 14.6 Å². The van der Waals surface area contributed by atoms with Crippen LogP contribution in [-0.2, 0) is 6.18 Å². The third-order valence-corrected chi connectivity index (χ3v) is 6.30. The Labute approximate surface area is 199 Å². The molecule has 0 unspecified atom stereocenters. The fourth-order valence-electron chi connectivity index (χ4n) is 4.38. The topological polar surface area (TPSA) is 71.3 Å². The molecule has 0 aliphatic carbocycles. The Morgan fingerprint density at radius 3 is 2.51 bits per heavy atom. The molecule has 6 nitrogen and oxygen atoms in total. The Morgan fingerprint density at radius 1 is 1.06 bits per heavy atom. The third-order valence-electron chi connectivity index (χ3n) is 6.30. The lowest BCUT2D eigenvalue weighted by atomic mass is 9.96. The number of likely N-dealkylation sites (tertiary alicyclic amines) is 1. The van der Waals surface area contributed by atoms with Crippen molar-refractivity contribution in [3.05, 3.63) is 78.5 Å². The van der Waals surface area contributed by atoms with Crippen LogP contribution in [-0.4, -0.2) is 40.4 Å². The Hall–Kier alpha value is -3.88. The first kappa shape index (κ1) is 22.9. The van der Waals surface area contributed by atoms with Gasteiger partial charge >= 0.3 is 6.18 Å². The molecule has 0 radical (unpaired) electrons. The Balaban J connectivity index is 1.34. The molecule has 1 aliphatic rings. The number of benzene rings is 1. The molecular formula is C26H23F3N4O2. The molecule has 9 heteroatoms. The fourth-order valence-corrected chi connectivity index (χ4v) is 4.38. The zero-order chi connectivity index (χ0) is 24.4. The summed E-state index contributed by atoms with van der Waals surface area (Å²) in [5.41, 5.74) is 0.606. The molecule has 1 aromatic carbocycles. The number of pyridine rings is 2. The maximum absolute atomic E-state index is 13.4. The minimum atomic E-state index is -4.54. The van der Waals surface area contributed by atoms with E-state index in [0.717, 1.165) is 24.5 Å². The Bertz CT molecular complexity index is 1320. The zero-order valence-corrected chi connectivity index (χ0v) is 18.8. The van der Waals surface area contributed by atoms with Crippen molar-refractivity contribution in [3.8, 4) is 11.1 Å². The molecule has 3 aromatic heterocycles. The summed E-state index contributed by atoms with van der Waals surface area (Å²) in [6.07, 6.45) is 0.112. The summed E-state index contributed by atoms with van der Waals surface area (Å²) in [4.78, 5) is 22.7. The number of nitrogens with one attached hydrogen (secondary N) is 1. The van der Waals surface area contributed by atoms with E-state index in [1.165, 1.54) is 12.3 Å². The highest BCUT2D eigenvalue weighted by Crippen LogP contribution is 2.35. The standard InChI is InChI=1S/C26H23F3N4O2/c27-26(28,29)22-9-8-19-23(32-22)20(18-5-2-1-3-6-18)16-31-24(19)30-15-17-10-12-33(13-11-17)25(34)21-7-4-14-35-21/h1-9,14,16-17H,10-13,15H2,(H,30,31). The van der Waals surface area contributed by atoms with Gasteiger partial charge in [0.2, 0.25) is 0 Å². The molecule has 0 saturated carbocycles. The molecule has 1 aliphatic heterocycles. The Kier molecular flexibility index (Phi) is 6.15. The predicted molar refractivity (Wildman–Crippen MR) is 126 cm³/mol. The lowest BCUT2D eigenvalue weighted by molar-refractivity contribution is -0.140. The van der Waals surface area contributed by atoms with Gasteiger partial charge in [-0.2, -0.15) is 13.2 Å². The van der Waals surface area contributed by atoms with Gasteiger partial charge in [0.25, 0.3) is 5.91 Å². The van der Waals surface area contributed by atoms with E-state index in [9.17, 15) is 18.0 Å². The maximum atomic E-state index is 13.4. The summed E-state index contributed by atoms with van der Waals surface area (Å²) in [6, 6.07) is 14.9. The van der Waals surface area contributed by atoms with Crippen molar-refractivity contribution in [3.63, 3.8) is 0 Å². The second kappa shape index (κ2) is 9.40. The number of hydrogen-bond acceptors (Lipinski definition) is 5. The lowest BCUT2D eigenvalue weighted by Gasteiger charge is -2.31. The van der Waals surface area contributed by atoms with E-state index >= 15 is 0 Å². The molecule has 4 aromatic rings. The van der Waals surface area contributed by atoms with Gasteiger partial charge in [-0.15, -0.1) is 0 Å². The van der Waals surface area contributed by atoms with Gasteiger partial charge in [-0.25, -0.2) is 9.97 Å². The molecule has 0 bridgehead atoms. The summed E-state index contributed by atoms with van der Waals surface area (Å²) in [6.45, 7) is 1.82. The second-order valence-electron chi connectivity index (χ2n) is 8.57. The van der Waals surface area contributed by atoms with Crippen molar-refractivity contribution in [1.82, 2.24) is 14.9 Å². The van der Waals surface area contributed by atoms with Gasteiger partial charge in [0, 0.05) is 36.8 Å². The highest BCUT2D eigenvalue weighted by atomic mass is 19.4. The van der Waals surface area contributed by atoms with Crippen LogP contribution >= 0.6 is 0 Å². The van der Waals surface area contributed by atoms with Crippen molar-refractivity contribution in [2.24, 2.45) is 5.92 Å². The predicted octanol–water partition coefficient (Wildman–Crippen LogP) is 5.87. The third kappa shape index (κ3) is 4.84. The van der Waals surface area contributed by atoms with Crippen molar-refractivity contribution in [2.75, 3.05) is 25.0 Å². The van der Waals surface area contributed by atoms with E-state index in [-0.39, 0.29) is 11.4 Å². The van der Waals surface area contributed by atoms with Crippen LogP contribution in [0.15, 0.2) is 71.5 Å². The molecule has 1 fully saturated rings. The monoisotopic (exact) mass is 480 g/mol. The number of rotatable bonds is 5. The molecule has 5 rings (SSSR count). The van der Waals surface area contributed by atoms with Crippen LogP contribution in [0.5, 0.6) is 0 Å². The number of nitrogens with zero attached hydrogens (tertiary/aromatic N) is 3. The minimum Gasteiger partial charge on any atom is -0.459 e. The first-order valence-corrected chi connectivity index (χ1v) is 11.4. The number of furan rings is 1. The van der Waals surface area contributed by atoms with Gasteiger partial charge in [-0.05, 0) is 48.6 Å². The number of carbonyl (C=O) groups excluding carboxylic acids is 1. The SMILES string of the molecule is O=C(c1ccco1)N1CCC(CNc2ncc(-c3ccccc3)c3nc(C(F)(F)F)ccc23)CC1. The van der Waals surface area contributed by atoms with Crippen LogP contribution in [0, 0.1) is 5.92 Å². The molecule has 35 heavy (non-hydrogen) atoms. The van der Waals surface area contributed by atoms with Crippen LogP contribution < -0.4 is 5.32 Å². The normalized spacial score (nSPS) is 14.9. The highest BCUT2D eigenvalue weighted by Gasteiger charge is 2.33.